The molecule has 11 aromatic rings. The van der Waals surface area contributed by atoms with Gasteiger partial charge in [-0.05, 0) is 48.5 Å². The molecule has 0 N–H and O–H groups in total. The first-order chi connectivity index (χ1) is 24.3. The van der Waals surface area contributed by atoms with E-state index in [1.54, 1.807) is 11.3 Å². The van der Waals surface area contributed by atoms with Crippen molar-refractivity contribution in [3.63, 3.8) is 0 Å². The maximum Gasteiger partial charge on any atom is 0.164 e. The third kappa shape index (κ3) is 3.79. The van der Waals surface area contributed by atoms with E-state index in [4.69, 9.17) is 14.4 Å². The molecule has 4 aromatic heterocycles. The zero-order valence-corrected chi connectivity index (χ0v) is 26.9. The molecule has 0 unspecified atom stereocenters. The van der Waals surface area contributed by atoms with Gasteiger partial charge in [0.1, 0.15) is 5.58 Å². The number of nitrogens with zero attached hydrogens (tertiary/aromatic N) is 3. The zero-order valence-electron chi connectivity index (χ0n) is 26.1. The topological polar surface area (TPSA) is 43.9 Å². The third-order valence-corrected chi connectivity index (χ3v) is 10.9. The van der Waals surface area contributed by atoms with Gasteiger partial charge in [-0.3, -0.25) is 0 Å². The summed E-state index contributed by atoms with van der Waals surface area (Å²) < 4.78 is 11.8. The number of rotatable bonds is 3. The summed E-state index contributed by atoms with van der Waals surface area (Å²) in [6.07, 6.45) is 0. The fourth-order valence-corrected chi connectivity index (χ4v) is 8.77. The van der Waals surface area contributed by atoms with Crippen molar-refractivity contribution in [3.8, 4) is 28.3 Å². The Labute approximate surface area is 284 Å². The van der Waals surface area contributed by atoms with Gasteiger partial charge in [0.25, 0.3) is 0 Å². The van der Waals surface area contributed by atoms with Gasteiger partial charge in [0.15, 0.2) is 11.4 Å². The summed E-state index contributed by atoms with van der Waals surface area (Å²) in [6.45, 7) is 0. The monoisotopic (exact) mass is 643 g/mol. The molecule has 0 fully saturated rings. The van der Waals surface area contributed by atoms with E-state index >= 15 is 0 Å². The Morgan fingerprint density at radius 3 is 2.06 bits per heavy atom. The number of para-hydroxylation sites is 3. The summed E-state index contributed by atoms with van der Waals surface area (Å²) in [7, 11) is 0. The van der Waals surface area contributed by atoms with E-state index in [9.17, 15) is 0 Å². The number of hydrogen-bond acceptors (Lipinski definition) is 4. The summed E-state index contributed by atoms with van der Waals surface area (Å²) in [6, 6.07) is 53.3. The molecule has 49 heavy (non-hydrogen) atoms. The number of hydrogen-bond donors (Lipinski definition) is 0. The Hall–Kier alpha value is -6.30. The highest BCUT2D eigenvalue weighted by atomic mass is 32.1. The second-order valence-corrected chi connectivity index (χ2v) is 13.6. The lowest BCUT2D eigenvalue weighted by molar-refractivity contribution is 0.671. The van der Waals surface area contributed by atoms with E-state index in [0.29, 0.717) is 5.82 Å². The van der Waals surface area contributed by atoms with Crippen LogP contribution in [0.25, 0.3) is 103 Å². The van der Waals surface area contributed by atoms with Crippen molar-refractivity contribution >= 4 is 86.2 Å². The van der Waals surface area contributed by atoms with Crippen LogP contribution in [0, 0.1) is 0 Å². The summed E-state index contributed by atoms with van der Waals surface area (Å²) >= 11 is 1.81. The molecule has 11 rings (SSSR count). The van der Waals surface area contributed by atoms with Crippen molar-refractivity contribution in [3.05, 3.63) is 152 Å². The molecule has 4 heterocycles. The van der Waals surface area contributed by atoms with Crippen molar-refractivity contribution in [2.24, 2.45) is 0 Å². The molecule has 0 saturated carbocycles. The second kappa shape index (κ2) is 10.1. The molecule has 0 spiro atoms. The predicted octanol–water partition coefficient (Wildman–Crippen LogP) is 12.3. The average Bonchev–Trinajstić information content (AvgIpc) is 3.85. The molecular formula is C44H25N3OS. The highest BCUT2D eigenvalue weighted by molar-refractivity contribution is 7.26. The number of fused-ring (bicyclic) bond motifs is 12. The number of benzene rings is 7. The number of furan rings is 1. The summed E-state index contributed by atoms with van der Waals surface area (Å²) in [5.74, 6) is 0.652. The third-order valence-electron chi connectivity index (χ3n) is 9.81. The molecular weight excluding hydrogens is 619 g/mol. The van der Waals surface area contributed by atoms with Crippen molar-refractivity contribution < 1.29 is 4.42 Å². The largest absolute Gasteiger partial charge is 0.453 e. The average molecular weight is 644 g/mol. The van der Waals surface area contributed by atoms with E-state index in [-0.39, 0.29) is 0 Å². The molecule has 0 bridgehead atoms. The van der Waals surface area contributed by atoms with Gasteiger partial charge < -0.3 is 8.98 Å². The normalized spacial score (nSPS) is 12.1. The van der Waals surface area contributed by atoms with E-state index < -0.39 is 0 Å². The van der Waals surface area contributed by atoms with Crippen molar-refractivity contribution in [1.82, 2.24) is 14.5 Å². The van der Waals surface area contributed by atoms with Crippen LogP contribution in [0.1, 0.15) is 0 Å². The Morgan fingerprint density at radius 1 is 0.490 bits per heavy atom. The van der Waals surface area contributed by atoms with Gasteiger partial charge in [-0.1, -0.05) is 103 Å². The molecule has 0 amide bonds. The van der Waals surface area contributed by atoms with E-state index in [1.807, 2.05) is 6.07 Å². The fraction of sp³-hybridized carbons (Fsp3) is 0. The Kier molecular flexibility index (Phi) is 5.51. The fourth-order valence-electron chi connectivity index (χ4n) is 7.66. The summed E-state index contributed by atoms with van der Waals surface area (Å²) in [5, 5.41) is 7.90. The number of aromatic nitrogens is 3. The van der Waals surface area contributed by atoms with Crippen LogP contribution in [0.15, 0.2) is 156 Å². The molecule has 228 valence electrons. The Balaban J connectivity index is 1.26. The predicted molar refractivity (Wildman–Crippen MR) is 205 cm³/mol. The van der Waals surface area contributed by atoms with Crippen LogP contribution in [-0.4, -0.2) is 14.5 Å². The minimum Gasteiger partial charge on any atom is -0.453 e. The molecule has 7 aromatic carbocycles. The van der Waals surface area contributed by atoms with Crippen LogP contribution in [0.2, 0.25) is 0 Å². The van der Waals surface area contributed by atoms with Gasteiger partial charge >= 0.3 is 0 Å². The van der Waals surface area contributed by atoms with Crippen LogP contribution >= 0.6 is 11.3 Å². The first kappa shape index (κ1) is 26.7. The highest BCUT2D eigenvalue weighted by Crippen LogP contribution is 2.44. The Morgan fingerprint density at radius 2 is 1.18 bits per heavy atom. The maximum absolute atomic E-state index is 7.04. The summed E-state index contributed by atoms with van der Waals surface area (Å²) in [5.41, 5.74) is 8.75. The van der Waals surface area contributed by atoms with Crippen LogP contribution in [0.4, 0.5) is 0 Å². The SMILES string of the molecule is c1ccc(-c2nc(-c3cccc4c3oc3c4ccc4c5ccccc5n(-c5ccccc5)c43)nc3c2ccc2sc4ccccc4c23)cc1. The minimum atomic E-state index is 0.652. The van der Waals surface area contributed by atoms with E-state index in [1.165, 1.54) is 25.6 Å². The van der Waals surface area contributed by atoms with Crippen molar-refractivity contribution in [2.45, 2.75) is 0 Å². The first-order valence-corrected chi connectivity index (χ1v) is 17.2. The highest BCUT2D eigenvalue weighted by Gasteiger charge is 2.22. The van der Waals surface area contributed by atoms with Gasteiger partial charge in [0.05, 0.1) is 27.8 Å². The second-order valence-electron chi connectivity index (χ2n) is 12.5. The lowest BCUT2D eigenvalue weighted by atomic mass is 10.0. The molecule has 0 aliphatic rings. The molecule has 4 nitrogen and oxygen atoms in total. The van der Waals surface area contributed by atoms with Crippen LogP contribution < -0.4 is 0 Å². The number of thiophene rings is 1. The van der Waals surface area contributed by atoms with E-state index in [2.05, 4.69) is 150 Å². The van der Waals surface area contributed by atoms with Crippen LogP contribution in [0.5, 0.6) is 0 Å². The van der Waals surface area contributed by atoms with Crippen LogP contribution in [-0.2, 0) is 0 Å². The lowest BCUT2D eigenvalue weighted by Gasteiger charge is -2.11. The van der Waals surface area contributed by atoms with Crippen molar-refractivity contribution in [1.29, 1.82) is 0 Å². The molecule has 0 radical (unpaired) electrons. The van der Waals surface area contributed by atoms with Crippen molar-refractivity contribution in [2.75, 3.05) is 0 Å². The Bertz CT molecular complexity index is 3100. The van der Waals surface area contributed by atoms with Gasteiger partial charge in [0.2, 0.25) is 0 Å². The van der Waals surface area contributed by atoms with Gasteiger partial charge in [-0.25, -0.2) is 9.97 Å². The molecule has 0 aliphatic heterocycles. The summed E-state index contributed by atoms with van der Waals surface area (Å²) in [4.78, 5) is 10.7. The molecule has 0 saturated heterocycles. The minimum absolute atomic E-state index is 0.652. The van der Waals surface area contributed by atoms with Gasteiger partial charge in [0, 0.05) is 58.4 Å². The van der Waals surface area contributed by atoms with Crippen LogP contribution in [0.3, 0.4) is 0 Å². The maximum atomic E-state index is 7.04. The smallest absolute Gasteiger partial charge is 0.164 e. The van der Waals surface area contributed by atoms with E-state index in [0.717, 1.165) is 71.8 Å². The standard InChI is InChI=1S/C44H25N3OS/c1-3-12-26(13-4-1)39-33-24-25-37-38(32-17-8-10-21-36(32)49-37)40(33)46-44(45-39)34-19-11-18-30-31-23-22-29-28-16-7-9-20-35(28)47(27-14-5-2-6-15-27)41(29)43(31)48-42(30)34/h1-25H. The molecule has 5 heteroatoms. The van der Waals surface area contributed by atoms with Gasteiger partial charge in [-0.15, -0.1) is 11.3 Å². The zero-order chi connectivity index (χ0) is 32.1. The van der Waals surface area contributed by atoms with Gasteiger partial charge in [-0.2, -0.15) is 0 Å². The first-order valence-electron chi connectivity index (χ1n) is 16.4. The molecule has 0 atom stereocenters. The quantitative estimate of drug-likeness (QED) is 0.192. The lowest BCUT2D eigenvalue weighted by Crippen LogP contribution is -1.96. The molecule has 0 aliphatic carbocycles.